The second kappa shape index (κ2) is 4.50. The van der Waals surface area contributed by atoms with Gasteiger partial charge in [-0.05, 0) is 0 Å². The van der Waals surface area contributed by atoms with Gasteiger partial charge in [0, 0.05) is 5.92 Å². The van der Waals surface area contributed by atoms with E-state index in [-0.39, 0.29) is 0 Å². The molecule has 0 radical (unpaired) electrons. The van der Waals surface area contributed by atoms with Crippen LogP contribution in [0.5, 0.6) is 0 Å². The van der Waals surface area contributed by atoms with E-state index < -0.39 is 24.6 Å². The van der Waals surface area contributed by atoms with Gasteiger partial charge in [0.1, 0.15) is 0 Å². The molecule has 72 valence electrons. The number of carbonyl (C=O) groups is 1. The molecule has 0 aliphatic carbocycles. The average Bonchev–Trinajstić information content (AvgIpc) is 1.95. The standard InChI is InChI=1S/C7H4F4O2/c1-5(8)6(12)13-4-2-3-7(9,10)11/h1,4H2. The van der Waals surface area contributed by atoms with Crippen LogP contribution in [0.15, 0.2) is 12.4 Å². The lowest BCUT2D eigenvalue weighted by molar-refractivity contribution is -0.139. The van der Waals surface area contributed by atoms with Crippen molar-refractivity contribution in [2.45, 2.75) is 6.18 Å². The van der Waals surface area contributed by atoms with Crippen molar-refractivity contribution >= 4 is 5.97 Å². The highest BCUT2D eigenvalue weighted by Gasteiger charge is 2.22. The third-order valence-corrected chi connectivity index (χ3v) is 0.727. The Hall–Kier alpha value is -1.51. The van der Waals surface area contributed by atoms with Crippen molar-refractivity contribution in [3.63, 3.8) is 0 Å². The highest BCUT2D eigenvalue weighted by Crippen LogP contribution is 2.11. The number of esters is 1. The summed E-state index contributed by atoms with van der Waals surface area (Å²) in [4.78, 5) is 10.2. The number of halogens is 4. The summed E-state index contributed by atoms with van der Waals surface area (Å²) in [6, 6.07) is 0. The van der Waals surface area contributed by atoms with E-state index in [1.165, 1.54) is 5.92 Å². The van der Waals surface area contributed by atoms with Crippen molar-refractivity contribution in [3.05, 3.63) is 12.4 Å². The van der Waals surface area contributed by atoms with E-state index >= 15 is 0 Å². The predicted molar refractivity (Wildman–Crippen MR) is 35.0 cm³/mol. The Bertz CT molecular complexity index is 268. The lowest BCUT2D eigenvalue weighted by atomic mass is 10.5. The normalized spacial score (nSPS) is 9.85. The number of hydrogen-bond acceptors (Lipinski definition) is 2. The molecule has 0 saturated carbocycles. The minimum Gasteiger partial charge on any atom is -0.447 e. The second-order valence-electron chi connectivity index (χ2n) is 1.78. The number of alkyl halides is 3. The van der Waals surface area contributed by atoms with Crippen molar-refractivity contribution in [1.82, 2.24) is 0 Å². The van der Waals surface area contributed by atoms with E-state index in [2.05, 4.69) is 11.3 Å². The van der Waals surface area contributed by atoms with Gasteiger partial charge in [0.05, 0.1) is 0 Å². The smallest absolute Gasteiger partial charge is 0.447 e. The molecule has 0 heterocycles. The molecule has 13 heavy (non-hydrogen) atoms. The molecule has 0 bridgehead atoms. The fourth-order valence-electron chi connectivity index (χ4n) is 0.316. The van der Waals surface area contributed by atoms with Crippen LogP contribution in [-0.4, -0.2) is 18.8 Å². The van der Waals surface area contributed by atoms with Gasteiger partial charge in [0.2, 0.25) is 5.83 Å². The van der Waals surface area contributed by atoms with Crippen molar-refractivity contribution in [2.75, 3.05) is 6.61 Å². The van der Waals surface area contributed by atoms with Crippen molar-refractivity contribution in [2.24, 2.45) is 0 Å². The molecule has 0 amide bonds. The summed E-state index contributed by atoms with van der Waals surface area (Å²) in [6.45, 7) is 1.75. The van der Waals surface area contributed by atoms with Crippen LogP contribution in [0.25, 0.3) is 0 Å². The molecular formula is C7H4F4O2. The van der Waals surface area contributed by atoms with Gasteiger partial charge in [0.15, 0.2) is 6.61 Å². The molecule has 0 aliphatic rings. The highest BCUT2D eigenvalue weighted by atomic mass is 19.4. The Labute approximate surface area is 71.2 Å². The van der Waals surface area contributed by atoms with Gasteiger partial charge in [-0.25, -0.2) is 4.79 Å². The summed E-state index contributed by atoms with van der Waals surface area (Å²) in [5, 5.41) is 0. The summed E-state index contributed by atoms with van der Waals surface area (Å²) in [7, 11) is 0. The van der Waals surface area contributed by atoms with Gasteiger partial charge in [0.25, 0.3) is 0 Å². The van der Waals surface area contributed by atoms with E-state index in [4.69, 9.17) is 0 Å². The summed E-state index contributed by atoms with van der Waals surface area (Å²) >= 11 is 0. The molecule has 0 aromatic carbocycles. The Morgan fingerprint density at radius 1 is 1.46 bits per heavy atom. The molecule has 0 N–H and O–H groups in total. The highest BCUT2D eigenvalue weighted by molar-refractivity contribution is 5.85. The average molecular weight is 196 g/mol. The SMILES string of the molecule is C=C(F)C(=O)OCC#CC(F)(F)F. The maximum Gasteiger partial charge on any atom is 0.457 e. The molecule has 0 aromatic rings. The molecule has 0 aromatic heterocycles. The number of carbonyl (C=O) groups excluding carboxylic acids is 1. The molecule has 0 atom stereocenters. The first-order valence-electron chi connectivity index (χ1n) is 2.91. The Kier molecular flexibility index (Phi) is 3.98. The third kappa shape index (κ3) is 6.87. The maximum atomic E-state index is 11.8. The molecule has 0 rings (SSSR count). The van der Waals surface area contributed by atoms with Gasteiger partial charge in [-0.15, -0.1) is 0 Å². The van der Waals surface area contributed by atoms with Gasteiger partial charge in [-0.2, -0.15) is 17.6 Å². The first-order valence-corrected chi connectivity index (χ1v) is 2.91. The van der Waals surface area contributed by atoms with Crippen molar-refractivity contribution in [1.29, 1.82) is 0 Å². The first-order chi connectivity index (χ1) is 5.83. The zero-order valence-corrected chi connectivity index (χ0v) is 6.24. The largest absolute Gasteiger partial charge is 0.457 e. The summed E-state index contributed by atoms with van der Waals surface area (Å²) in [6.07, 6.45) is -4.64. The molecule has 0 unspecified atom stereocenters. The molecular weight excluding hydrogens is 192 g/mol. The zero-order valence-electron chi connectivity index (χ0n) is 6.24. The Morgan fingerprint density at radius 3 is 2.38 bits per heavy atom. The van der Waals surface area contributed by atoms with E-state index in [1.807, 2.05) is 0 Å². The summed E-state index contributed by atoms with van der Waals surface area (Å²) in [5.41, 5.74) is 0. The molecule has 0 fully saturated rings. The maximum absolute atomic E-state index is 11.8. The fraction of sp³-hybridized carbons (Fsp3) is 0.286. The molecule has 0 spiro atoms. The fourth-order valence-corrected chi connectivity index (χ4v) is 0.316. The van der Waals surface area contributed by atoms with Crippen LogP contribution in [0, 0.1) is 11.8 Å². The molecule has 2 nitrogen and oxygen atoms in total. The van der Waals surface area contributed by atoms with Crippen LogP contribution in [0.2, 0.25) is 0 Å². The van der Waals surface area contributed by atoms with E-state index in [0.29, 0.717) is 0 Å². The van der Waals surface area contributed by atoms with Crippen molar-refractivity contribution in [3.8, 4) is 11.8 Å². The molecule has 6 heteroatoms. The Balaban J connectivity index is 3.85. The first kappa shape index (κ1) is 11.5. The van der Waals surface area contributed by atoms with Crippen LogP contribution >= 0.6 is 0 Å². The van der Waals surface area contributed by atoms with Crippen LogP contribution in [0.1, 0.15) is 0 Å². The molecule has 0 saturated heterocycles. The predicted octanol–water partition coefficient (Wildman–Crippen LogP) is 1.58. The van der Waals surface area contributed by atoms with Crippen LogP contribution in [-0.2, 0) is 9.53 Å². The second-order valence-corrected chi connectivity index (χ2v) is 1.78. The van der Waals surface area contributed by atoms with Crippen LogP contribution < -0.4 is 0 Å². The van der Waals surface area contributed by atoms with Crippen molar-refractivity contribution < 1.29 is 27.1 Å². The number of ether oxygens (including phenoxy) is 1. The van der Waals surface area contributed by atoms with Crippen LogP contribution in [0.4, 0.5) is 17.6 Å². The monoisotopic (exact) mass is 196 g/mol. The summed E-state index contributed by atoms with van der Waals surface area (Å²) in [5.74, 6) is -0.479. The van der Waals surface area contributed by atoms with Gasteiger partial charge < -0.3 is 4.74 Å². The van der Waals surface area contributed by atoms with E-state index in [1.54, 1.807) is 0 Å². The minimum absolute atomic E-state index is 0.818. The number of rotatable bonds is 2. The third-order valence-electron chi connectivity index (χ3n) is 0.727. The molecule has 0 aliphatic heterocycles. The van der Waals surface area contributed by atoms with E-state index in [0.717, 1.165) is 5.92 Å². The minimum atomic E-state index is -4.64. The Morgan fingerprint density at radius 2 is 2.00 bits per heavy atom. The van der Waals surface area contributed by atoms with Gasteiger partial charge in [-0.1, -0.05) is 12.5 Å². The van der Waals surface area contributed by atoms with Gasteiger partial charge >= 0.3 is 12.1 Å². The number of hydrogen-bond donors (Lipinski definition) is 0. The van der Waals surface area contributed by atoms with E-state index in [9.17, 15) is 22.4 Å². The topological polar surface area (TPSA) is 26.3 Å². The van der Waals surface area contributed by atoms with Gasteiger partial charge in [-0.3, -0.25) is 0 Å². The van der Waals surface area contributed by atoms with Crippen LogP contribution in [0.3, 0.4) is 0 Å². The summed E-state index contributed by atoms with van der Waals surface area (Å²) < 4.78 is 49.7. The lowest BCUT2D eigenvalue weighted by Gasteiger charge is -1.96. The zero-order chi connectivity index (χ0) is 10.5. The quantitative estimate of drug-likeness (QED) is 0.290. The lowest BCUT2D eigenvalue weighted by Crippen LogP contribution is -2.06.